The highest BCUT2D eigenvalue weighted by atomic mass is 13.9. The summed E-state index contributed by atoms with van der Waals surface area (Å²) in [5, 5.41) is 2.49. The van der Waals surface area contributed by atoms with E-state index in [9.17, 15) is 0 Å². The SMILES string of the molecule is C=C/C=c1/cccc/c1=C(C)/C=C\C. The van der Waals surface area contributed by atoms with Crippen LogP contribution in [0.2, 0.25) is 0 Å². The van der Waals surface area contributed by atoms with E-state index in [1.807, 2.05) is 25.1 Å². The van der Waals surface area contributed by atoms with Crippen molar-refractivity contribution in [3.05, 3.63) is 59.5 Å². The van der Waals surface area contributed by atoms with Gasteiger partial charge in [0.2, 0.25) is 0 Å². The Kier molecular flexibility index (Phi) is 3.93. The van der Waals surface area contributed by atoms with Crippen LogP contribution in [0.15, 0.2) is 49.1 Å². The third-order valence-corrected chi connectivity index (χ3v) is 2.10. The zero-order valence-electron chi connectivity index (χ0n) is 8.83. The molecule has 0 aromatic heterocycles. The first-order valence-electron chi connectivity index (χ1n) is 4.81. The van der Waals surface area contributed by atoms with Crippen molar-refractivity contribution in [2.75, 3.05) is 0 Å². The maximum atomic E-state index is 3.72. The first-order valence-corrected chi connectivity index (χ1v) is 4.81. The second-order valence-electron chi connectivity index (χ2n) is 3.17. The molecule has 0 saturated carbocycles. The molecule has 0 aliphatic rings. The highest BCUT2D eigenvalue weighted by Crippen LogP contribution is 1.90. The molecular weight excluding hydrogens is 168 g/mol. The number of hydrogen-bond donors (Lipinski definition) is 0. The van der Waals surface area contributed by atoms with Crippen molar-refractivity contribution in [1.29, 1.82) is 0 Å². The van der Waals surface area contributed by atoms with Crippen LogP contribution < -0.4 is 10.4 Å². The van der Waals surface area contributed by atoms with Gasteiger partial charge in [-0.05, 0) is 29.9 Å². The number of hydrogen-bond acceptors (Lipinski definition) is 0. The van der Waals surface area contributed by atoms with E-state index < -0.39 is 0 Å². The Bertz CT molecular complexity index is 447. The number of rotatable bonds is 2. The lowest BCUT2D eigenvalue weighted by atomic mass is 10.1. The lowest BCUT2D eigenvalue weighted by molar-refractivity contribution is 1.47. The van der Waals surface area contributed by atoms with Gasteiger partial charge < -0.3 is 0 Å². The van der Waals surface area contributed by atoms with Crippen LogP contribution in [-0.2, 0) is 0 Å². The number of benzene rings is 1. The molecule has 14 heavy (non-hydrogen) atoms. The molecule has 0 aliphatic carbocycles. The van der Waals surface area contributed by atoms with Crippen molar-refractivity contribution in [2.24, 2.45) is 0 Å². The standard InChI is InChI=1S/C14H16/c1-4-8-12(3)14-11-7-6-10-13(14)9-5-2/h4-11H,2H2,1,3H3/b8-4-,13-9-,14-12-. The van der Waals surface area contributed by atoms with Crippen LogP contribution in [-0.4, -0.2) is 0 Å². The van der Waals surface area contributed by atoms with Gasteiger partial charge in [0.15, 0.2) is 0 Å². The molecule has 0 spiro atoms. The molecule has 0 radical (unpaired) electrons. The molecule has 1 rings (SSSR count). The van der Waals surface area contributed by atoms with Crippen LogP contribution in [0.1, 0.15) is 13.8 Å². The van der Waals surface area contributed by atoms with Gasteiger partial charge in [0.25, 0.3) is 0 Å². The predicted molar refractivity (Wildman–Crippen MR) is 64.3 cm³/mol. The molecule has 1 aromatic carbocycles. The Morgan fingerprint density at radius 1 is 1.29 bits per heavy atom. The second kappa shape index (κ2) is 5.23. The molecule has 1 aromatic rings. The third kappa shape index (κ3) is 2.46. The van der Waals surface area contributed by atoms with Gasteiger partial charge in [0.05, 0.1) is 0 Å². The fourth-order valence-electron chi connectivity index (χ4n) is 1.47. The predicted octanol–water partition coefficient (Wildman–Crippen LogP) is 2.40. The van der Waals surface area contributed by atoms with Crippen molar-refractivity contribution in [1.82, 2.24) is 0 Å². The molecule has 0 heterocycles. The molecule has 0 aliphatic heterocycles. The van der Waals surface area contributed by atoms with Crippen LogP contribution >= 0.6 is 0 Å². The zero-order valence-corrected chi connectivity index (χ0v) is 8.83. The molecule has 0 N–H and O–H groups in total. The van der Waals surface area contributed by atoms with E-state index in [0.29, 0.717) is 0 Å². The average Bonchev–Trinajstić information content (AvgIpc) is 2.19. The molecular formula is C14H16. The Morgan fingerprint density at radius 2 is 2.00 bits per heavy atom. The van der Waals surface area contributed by atoms with Gasteiger partial charge >= 0.3 is 0 Å². The molecule has 0 heteroatoms. The van der Waals surface area contributed by atoms with Gasteiger partial charge in [-0.15, -0.1) is 0 Å². The summed E-state index contributed by atoms with van der Waals surface area (Å²) in [4.78, 5) is 0. The molecule has 0 nitrogen and oxygen atoms in total. The summed E-state index contributed by atoms with van der Waals surface area (Å²) < 4.78 is 0. The Labute approximate surface area is 85.6 Å². The van der Waals surface area contributed by atoms with Crippen LogP contribution in [0.3, 0.4) is 0 Å². The molecule has 0 unspecified atom stereocenters. The summed E-state index contributed by atoms with van der Waals surface area (Å²) in [6, 6.07) is 8.33. The molecule has 0 bridgehead atoms. The fourth-order valence-corrected chi connectivity index (χ4v) is 1.47. The monoisotopic (exact) mass is 184 g/mol. The van der Waals surface area contributed by atoms with Crippen LogP contribution in [0.4, 0.5) is 0 Å². The van der Waals surface area contributed by atoms with E-state index in [0.717, 1.165) is 0 Å². The summed E-state index contributed by atoms with van der Waals surface area (Å²) in [6.45, 7) is 7.87. The molecule has 0 saturated heterocycles. The van der Waals surface area contributed by atoms with Crippen LogP contribution in [0.5, 0.6) is 0 Å². The van der Waals surface area contributed by atoms with Gasteiger partial charge in [-0.1, -0.05) is 55.1 Å². The lowest BCUT2D eigenvalue weighted by Crippen LogP contribution is -2.25. The highest BCUT2D eigenvalue weighted by molar-refractivity contribution is 5.55. The Hall–Kier alpha value is -1.56. The maximum Gasteiger partial charge on any atom is -0.0155 e. The molecule has 72 valence electrons. The average molecular weight is 184 g/mol. The number of allylic oxidation sites excluding steroid dienone is 3. The largest absolute Gasteiger partial charge is 0.0990 e. The van der Waals surface area contributed by atoms with Gasteiger partial charge in [0, 0.05) is 0 Å². The zero-order chi connectivity index (χ0) is 10.4. The summed E-state index contributed by atoms with van der Waals surface area (Å²) in [5.74, 6) is 0. The first-order chi connectivity index (χ1) is 6.79. The van der Waals surface area contributed by atoms with Crippen molar-refractivity contribution >= 4 is 11.6 Å². The summed E-state index contributed by atoms with van der Waals surface area (Å²) in [7, 11) is 0. The van der Waals surface area contributed by atoms with E-state index in [-0.39, 0.29) is 0 Å². The minimum absolute atomic E-state index is 1.22. The van der Waals surface area contributed by atoms with E-state index in [2.05, 4.69) is 43.9 Å². The van der Waals surface area contributed by atoms with E-state index in [1.165, 1.54) is 16.0 Å². The fraction of sp³-hybridized carbons (Fsp3) is 0.143. The van der Waals surface area contributed by atoms with Crippen molar-refractivity contribution in [2.45, 2.75) is 13.8 Å². The molecule has 0 fully saturated rings. The minimum atomic E-state index is 1.22. The first kappa shape index (κ1) is 10.5. The topological polar surface area (TPSA) is 0 Å². The summed E-state index contributed by atoms with van der Waals surface area (Å²) in [5.41, 5.74) is 1.28. The normalized spacial score (nSPS) is 14.6. The minimum Gasteiger partial charge on any atom is -0.0990 e. The van der Waals surface area contributed by atoms with Gasteiger partial charge in [0.1, 0.15) is 0 Å². The summed E-state index contributed by atoms with van der Waals surface area (Å²) >= 11 is 0. The third-order valence-electron chi connectivity index (χ3n) is 2.10. The van der Waals surface area contributed by atoms with Gasteiger partial charge in [-0.25, -0.2) is 0 Å². The van der Waals surface area contributed by atoms with E-state index in [4.69, 9.17) is 0 Å². The summed E-state index contributed by atoms with van der Waals surface area (Å²) in [6.07, 6.45) is 8.03. The quantitative estimate of drug-likeness (QED) is 0.662. The van der Waals surface area contributed by atoms with Gasteiger partial charge in [-0.3, -0.25) is 0 Å². The second-order valence-corrected chi connectivity index (χ2v) is 3.17. The van der Waals surface area contributed by atoms with Gasteiger partial charge in [-0.2, -0.15) is 0 Å². The Morgan fingerprint density at radius 3 is 2.64 bits per heavy atom. The van der Waals surface area contributed by atoms with Crippen molar-refractivity contribution < 1.29 is 0 Å². The highest BCUT2D eigenvalue weighted by Gasteiger charge is 1.86. The molecule has 0 atom stereocenters. The molecule has 0 amide bonds. The van der Waals surface area contributed by atoms with Crippen molar-refractivity contribution in [3.63, 3.8) is 0 Å². The van der Waals surface area contributed by atoms with Crippen LogP contribution in [0, 0.1) is 0 Å². The van der Waals surface area contributed by atoms with Crippen LogP contribution in [0.25, 0.3) is 11.6 Å². The smallest absolute Gasteiger partial charge is 0.0155 e. The maximum absolute atomic E-state index is 3.72. The Balaban J connectivity index is 3.56. The van der Waals surface area contributed by atoms with Crippen molar-refractivity contribution in [3.8, 4) is 0 Å². The van der Waals surface area contributed by atoms with E-state index >= 15 is 0 Å². The lowest BCUT2D eigenvalue weighted by Gasteiger charge is -1.94. The van der Waals surface area contributed by atoms with E-state index in [1.54, 1.807) is 0 Å².